The molecule has 0 bridgehead atoms. The Morgan fingerprint density at radius 3 is 1.44 bits per heavy atom. The Balaban J connectivity index is 4.40. The van der Waals surface area contributed by atoms with Crippen LogP contribution in [-0.2, 0) is 14.4 Å². The second kappa shape index (κ2) is 6.06. The highest BCUT2D eigenvalue weighted by Gasteiger charge is 2.31. The van der Waals surface area contributed by atoms with Gasteiger partial charge in [0.1, 0.15) is 0 Å². The number of carboxylic acid groups (broad SMARTS) is 3. The van der Waals surface area contributed by atoms with Crippen LogP contribution in [0.3, 0.4) is 0 Å². The van der Waals surface area contributed by atoms with Crippen LogP contribution in [0.1, 0.15) is 32.1 Å². The van der Waals surface area contributed by atoms with Crippen LogP contribution in [0.15, 0.2) is 0 Å². The summed E-state index contributed by atoms with van der Waals surface area (Å²) in [6, 6.07) is 0. The Morgan fingerprint density at radius 2 is 1.19 bits per heavy atom. The molecule has 0 atom stereocenters. The quantitative estimate of drug-likeness (QED) is 0.461. The zero-order valence-corrected chi connectivity index (χ0v) is 8.55. The molecule has 7 heteroatoms. The van der Waals surface area contributed by atoms with Crippen LogP contribution < -0.4 is 0 Å². The molecule has 0 amide bonds. The minimum atomic E-state index is -1.78. The van der Waals surface area contributed by atoms with Gasteiger partial charge in [0.15, 0.2) is 0 Å². The minimum absolute atomic E-state index is 0.276. The summed E-state index contributed by atoms with van der Waals surface area (Å²) in [4.78, 5) is 31.0. The van der Waals surface area contributed by atoms with Crippen LogP contribution in [0.4, 0.5) is 0 Å². The Kier molecular flexibility index (Phi) is 5.44. The molecule has 16 heavy (non-hydrogen) atoms. The van der Waals surface area contributed by atoms with E-state index in [4.69, 9.17) is 15.3 Å². The summed E-state index contributed by atoms with van der Waals surface area (Å²) in [5.41, 5.74) is -1.78. The number of carboxylic acids is 3. The summed E-state index contributed by atoms with van der Waals surface area (Å²) in [6.07, 6.45) is -2.01. The Hall–Kier alpha value is -1.63. The summed E-state index contributed by atoms with van der Waals surface area (Å²) >= 11 is 0. The highest BCUT2D eigenvalue weighted by atomic mass is 16.4. The molecule has 92 valence electrons. The predicted octanol–water partition coefficient (Wildman–Crippen LogP) is -0.0782. The van der Waals surface area contributed by atoms with E-state index in [1.54, 1.807) is 0 Å². The summed E-state index contributed by atoms with van der Waals surface area (Å²) in [7, 11) is 0. The fourth-order valence-electron chi connectivity index (χ4n) is 1.26. The molecule has 0 heterocycles. The second-order valence-corrected chi connectivity index (χ2v) is 3.58. The Labute approximate surface area is 91.3 Å². The van der Waals surface area contributed by atoms with E-state index in [1.807, 2.05) is 0 Å². The normalized spacial score (nSPS) is 11.1. The molecule has 0 aliphatic rings. The van der Waals surface area contributed by atoms with Gasteiger partial charge >= 0.3 is 17.9 Å². The molecule has 7 nitrogen and oxygen atoms in total. The first kappa shape index (κ1) is 14.4. The molecule has 0 aliphatic heterocycles. The third-order valence-electron chi connectivity index (χ3n) is 2.09. The van der Waals surface area contributed by atoms with Gasteiger partial charge in [0, 0.05) is 12.8 Å². The average Bonchev–Trinajstić information content (AvgIpc) is 2.11. The highest BCUT2D eigenvalue weighted by Crippen LogP contribution is 2.23. The molecule has 0 saturated carbocycles. The van der Waals surface area contributed by atoms with E-state index in [-0.39, 0.29) is 12.8 Å². The zero-order valence-electron chi connectivity index (χ0n) is 8.55. The van der Waals surface area contributed by atoms with Gasteiger partial charge in [0.2, 0.25) is 0 Å². The molecule has 0 aromatic rings. The third-order valence-corrected chi connectivity index (χ3v) is 2.09. The van der Waals surface area contributed by atoms with Gasteiger partial charge in [0.25, 0.3) is 0 Å². The van der Waals surface area contributed by atoms with Crippen LogP contribution in [0.25, 0.3) is 0 Å². The highest BCUT2D eigenvalue weighted by molar-refractivity contribution is 5.70. The van der Waals surface area contributed by atoms with Crippen molar-refractivity contribution in [1.29, 1.82) is 0 Å². The fourth-order valence-corrected chi connectivity index (χ4v) is 1.26. The lowest BCUT2D eigenvalue weighted by Crippen LogP contribution is -2.33. The van der Waals surface area contributed by atoms with Gasteiger partial charge in [0.05, 0.1) is 12.0 Å². The number of aliphatic hydroxyl groups is 1. The first-order valence-electron chi connectivity index (χ1n) is 4.63. The van der Waals surface area contributed by atoms with Crippen molar-refractivity contribution in [1.82, 2.24) is 0 Å². The Morgan fingerprint density at radius 1 is 0.812 bits per heavy atom. The van der Waals surface area contributed by atoms with Crippen LogP contribution >= 0.6 is 0 Å². The number of aliphatic carboxylic acids is 3. The molecule has 0 radical (unpaired) electrons. The maximum absolute atomic E-state index is 10.4. The standard InChI is InChI=1S/C9H14O7/c10-6(11)1-3-9(16,5-8(14)15)4-2-7(12)13/h16H,1-5H2,(H,10,11)(H,12,13)(H,14,15). The smallest absolute Gasteiger partial charge is 0.306 e. The van der Waals surface area contributed by atoms with Gasteiger partial charge < -0.3 is 20.4 Å². The number of rotatable bonds is 8. The predicted molar refractivity (Wildman–Crippen MR) is 50.9 cm³/mol. The maximum Gasteiger partial charge on any atom is 0.306 e. The summed E-state index contributed by atoms with van der Waals surface area (Å²) < 4.78 is 0. The topological polar surface area (TPSA) is 132 Å². The van der Waals surface area contributed by atoms with Crippen molar-refractivity contribution in [3.63, 3.8) is 0 Å². The fraction of sp³-hybridized carbons (Fsp3) is 0.667. The summed E-state index contributed by atoms with van der Waals surface area (Å²) in [5.74, 6) is -3.63. The first-order chi connectivity index (χ1) is 7.25. The van der Waals surface area contributed by atoms with Crippen molar-refractivity contribution < 1.29 is 34.8 Å². The SMILES string of the molecule is O=C(O)CCC(O)(CCC(=O)O)CC(=O)O. The summed E-state index contributed by atoms with van der Waals surface area (Å²) in [6.45, 7) is 0. The van der Waals surface area contributed by atoms with E-state index in [0.29, 0.717) is 0 Å². The maximum atomic E-state index is 10.4. The van der Waals surface area contributed by atoms with Gasteiger partial charge in [-0.25, -0.2) is 0 Å². The van der Waals surface area contributed by atoms with E-state index in [9.17, 15) is 19.5 Å². The molecule has 0 rings (SSSR count). The molecule has 0 aromatic heterocycles. The van der Waals surface area contributed by atoms with Crippen LogP contribution in [0.2, 0.25) is 0 Å². The molecule has 4 N–H and O–H groups in total. The van der Waals surface area contributed by atoms with Crippen molar-refractivity contribution >= 4 is 17.9 Å². The van der Waals surface area contributed by atoms with Crippen molar-refractivity contribution in [2.24, 2.45) is 0 Å². The van der Waals surface area contributed by atoms with E-state index >= 15 is 0 Å². The number of carbonyl (C=O) groups is 3. The second-order valence-electron chi connectivity index (χ2n) is 3.58. The average molecular weight is 234 g/mol. The van der Waals surface area contributed by atoms with Crippen LogP contribution in [-0.4, -0.2) is 43.9 Å². The van der Waals surface area contributed by atoms with Gasteiger partial charge in [-0.05, 0) is 12.8 Å². The van der Waals surface area contributed by atoms with E-state index < -0.39 is 42.8 Å². The molecule has 0 spiro atoms. The molecule has 0 fully saturated rings. The van der Waals surface area contributed by atoms with Crippen molar-refractivity contribution in [3.05, 3.63) is 0 Å². The van der Waals surface area contributed by atoms with Crippen molar-refractivity contribution in [2.45, 2.75) is 37.7 Å². The van der Waals surface area contributed by atoms with Crippen LogP contribution in [0, 0.1) is 0 Å². The van der Waals surface area contributed by atoms with Gasteiger partial charge in [-0.2, -0.15) is 0 Å². The molecule has 0 aromatic carbocycles. The minimum Gasteiger partial charge on any atom is -0.481 e. The van der Waals surface area contributed by atoms with Gasteiger partial charge in [-0.15, -0.1) is 0 Å². The van der Waals surface area contributed by atoms with Gasteiger partial charge in [-0.3, -0.25) is 14.4 Å². The summed E-state index contributed by atoms with van der Waals surface area (Å²) in [5, 5.41) is 35.1. The van der Waals surface area contributed by atoms with E-state index in [0.717, 1.165) is 0 Å². The lowest BCUT2D eigenvalue weighted by Gasteiger charge is -2.25. The third kappa shape index (κ3) is 6.77. The first-order valence-corrected chi connectivity index (χ1v) is 4.63. The molecule has 0 aliphatic carbocycles. The molecule has 0 saturated heterocycles. The van der Waals surface area contributed by atoms with Crippen molar-refractivity contribution in [3.8, 4) is 0 Å². The van der Waals surface area contributed by atoms with Crippen molar-refractivity contribution in [2.75, 3.05) is 0 Å². The monoisotopic (exact) mass is 234 g/mol. The van der Waals surface area contributed by atoms with E-state index in [2.05, 4.69) is 0 Å². The van der Waals surface area contributed by atoms with Crippen LogP contribution in [0.5, 0.6) is 0 Å². The molecular formula is C9H14O7. The zero-order chi connectivity index (χ0) is 12.8. The van der Waals surface area contributed by atoms with E-state index in [1.165, 1.54) is 0 Å². The molecule has 0 unspecified atom stereocenters. The number of hydrogen-bond donors (Lipinski definition) is 4. The molecular weight excluding hydrogens is 220 g/mol. The largest absolute Gasteiger partial charge is 0.481 e. The lowest BCUT2D eigenvalue weighted by atomic mass is 9.89. The lowest BCUT2D eigenvalue weighted by molar-refractivity contribution is -0.148. The number of hydrogen-bond acceptors (Lipinski definition) is 4. The van der Waals surface area contributed by atoms with Gasteiger partial charge in [-0.1, -0.05) is 0 Å². The Bertz CT molecular complexity index is 266.